The second-order valence-electron chi connectivity index (χ2n) is 9.38. The molecule has 1 heterocycles. The van der Waals surface area contributed by atoms with Gasteiger partial charge in [0, 0.05) is 22.6 Å². The molecule has 4 aromatic rings. The number of benzene rings is 3. The molecule has 7 nitrogen and oxygen atoms in total. The lowest BCUT2D eigenvalue weighted by Gasteiger charge is -2.23. The number of anilines is 1. The fraction of sp³-hybridized carbons (Fsp3) is 0.200. The van der Waals surface area contributed by atoms with Gasteiger partial charge >= 0.3 is 0 Å². The summed E-state index contributed by atoms with van der Waals surface area (Å²) in [5.74, 6) is -0.552. The van der Waals surface area contributed by atoms with E-state index in [1.165, 1.54) is 23.3 Å². The van der Waals surface area contributed by atoms with E-state index in [9.17, 15) is 13.2 Å². The van der Waals surface area contributed by atoms with Crippen molar-refractivity contribution in [3.63, 3.8) is 0 Å². The van der Waals surface area contributed by atoms with Crippen LogP contribution in [0.25, 0.3) is 5.69 Å². The molecule has 0 atom stereocenters. The Morgan fingerprint density at radius 1 is 0.895 bits per heavy atom. The van der Waals surface area contributed by atoms with Crippen LogP contribution in [0.1, 0.15) is 33.6 Å². The standard InChI is InChI=1S/C30H32N4O3S/c1-21-11-14-27(15-12-21)33(38(36,37)29-9-7-6-8-10-29)20-30(35)32-31-19-26-18-24(4)34(25(26)5)28-16-13-22(2)23(3)17-28/h6-19H,20H2,1-5H3,(H,32,35)/b31-19-. The van der Waals surface area contributed by atoms with E-state index in [2.05, 4.69) is 47.1 Å². The van der Waals surface area contributed by atoms with E-state index in [0.717, 1.165) is 32.5 Å². The third kappa shape index (κ3) is 5.70. The van der Waals surface area contributed by atoms with E-state index in [1.807, 2.05) is 39.0 Å². The summed E-state index contributed by atoms with van der Waals surface area (Å²) in [6.07, 6.45) is 1.58. The molecule has 0 radical (unpaired) electrons. The van der Waals surface area contributed by atoms with Gasteiger partial charge in [0.25, 0.3) is 15.9 Å². The Bertz CT molecular complexity index is 1590. The summed E-state index contributed by atoms with van der Waals surface area (Å²) in [7, 11) is -3.97. The molecular formula is C30H32N4O3S. The molecule has 0 aliphatic carbocycles. The van der Waals surface area contributed by atoms with Crippen LogP contribution in [0.5, 0.6) is 0 Å². The van der Waals surface area contributed by atoms with Crippen LogP contribution in [0.4, 0.5) is 5.69 Å². The number of nitrogens with one attached hydrogen (secondary N) is 1. The summed E-state index contributed by atoms with van der Waals surface area (Å²) in [6, 6.07) is 23.4. The van der Waals surface area contributed by atoms with E-state index >= 15 is 0 Å². The minimum absolute atomic E-state index is 0.107. The van der Waals surface area contributed by atoms with Gasteiger partial charge in [-0.2, -0.15) is 5.10 Å². The zero-order valence-corrected chi connectivity index (χ0v) is 23.1. The van der Waals surface area contributed by atoms with Gasteiger partial charge in [0.05, 0.1) is 16.8 Å². The number of aryl methyl sites for hydroxylation is 4. The Morgan fingerprint density at radius 3 is 2.24 bits per heavy atom. The number of rotatable bonds is 8. The molecule has 3 aromatic carbocycles. The van der Waals surface area contributed by atoms with E-state index < -0.39 is 22.5 Å². The molecule has 196 valence electrons. The first kappa shape index (κ1) is 26.9. The highest BCUT2D eigenvalue weighted by Gasteiger charge is 2.27. The summed E-state index contributed by atoms with van der Waals surface area (Å²) >= 11 is 0. The summed E-state index contributed by atoms with van der Waals surface area (Å²) in [6.45, 7) is 9.68. The van der Waals surface area contributed by atoms with Crippen molar-refractivity contribution in [3.05, 3.63) is 113 Å². The zero-order valence-electron chi connectivity index (χ0n) is 22.3. The quantitative estimate of drug-likeness (QED) is 0.247. The van der Waals surface area contributed by atoms with Crippen molar-refractivity contribution in [1.29, 1.82) is 0 Å². The Labute approximate surface area is 224 Å². The summed E-state index contributed by atoms with van der Waals surface area (Å²) in [5, 5.41) is 4.14. The lowest BCUT2D eigenvalue weighted by Crippen LogP contribution is -2.39. The summed E-state index contributed by atoms with van der Waals surface area (Å²) in [5.41, 5.74) is 10.3. The average molecular weight is 529 g/mol. The molecule has 0 aliphatic heterocycles. The number of carbonyl (C=O) groups excluding carboxylic acids is 1. The number of nitrogens with zero attached hydrogens (tertiary/aromatic N) is 3. The predicted molar refractivity (Wildman–Crippen MR) is 153 cm³/mol. The normalized spacial score (nSPS) is 11.6. The second-order valence-corrected chi connectivity index (χ2v) is 11.2. The van der Waals surface area contributed by atoms with Crippen LogP contribution in [-0.4, -0.2) is 31.7 Å². The van der Waals surface area contributed by atoms with Crippen molar-refractivity contribution in [3.8, 4) is 5.69 Å². The monoisotopic (exact) mass is 528 g/mol. The van der Waals surface area contributed by atoms with Crippen LogP contribution in [0, 0.1) is 34.6 Å². The first-order valence-electron chi connectivity index (χ1n) is 12.3. The topological polar surface area (TPSA) is 83.8 Å². The Kier molecular flexibility index (Phi) is 7.83. The van der Waals surface area contributed by atoms with Crippen LogP contribution in [0.3, 0.4) is 0 Å². The number of sulfonamides is 1. The maximum absolute atomic E-state index is 13.4. The number of hydrogen-bond acceptors (Lipinski definition) is 4. The largest absolute Gasteiger partial charge is 0.318 e. The number of hydrogen-bond donors (Lipinski definition) is 1. The zero-order chi connectivity index (χ0) is 27.4. The molecule has 0 spiro atoms. The van der Waals surface area contributed by atoms with Gasteiger partial charge in [0.2, 0.25) is 0 Å². The molecule has 8 heteroatoms. The molecule has 1 amide bonds. The first-order valence-corrected chi connectivity index (χ1v) is 13.7. The highest BCUT2D eigenvalue weighted by atomic mass is 32.2. The van der Waals surface area contributed by atoms with Crippen molar-refractivity contribution in [2.75, 3.05) is 10.8 Å². The summed E-state index contributed by atoms with van der Waals surface area (Å²) < 4.78 is 30.1. The molecule has 4 rings (SSSR count). The van der Waals surface area contributed by atoms with Crippen LogP contribution in [-0.2, 0) is 14.8 Å². The maximum Gasteiger partial charge on any atom is 0.264 e. The Hall–Kier alpha value is -4.17. The van der Waals surface area contributed by atoms with Gasteiger partial charge in [0.15, 0.2) is 0 Å². The first-order chi connectivity index (χ1) is 18.1. The van der Waals surface area contributed by atoms with Gasteiger partial charge in [-0.1, -0.05) is 42.0 Å². The van der Waals surface area contributed by atoms with Crippen molar-refractivity contribution < 1.29 is 13.2 Å². The molecule has 1 N–H and O–H groups in total. The van der Waals surface area contributed by atoms with Crippen LogP contribution in [0.2, 0.25) is 0 Å². The van der Waals surface area contributed by atoms with Crippen molar-refractivity contribution in [1.82, 2.24) is 9.99 Å². The molecule has 38 heavy (non-hydrogen) atoms. The highest BCUT2D eigenvalue weighted by molar-refractivity contribution is 7.92. The number of carbonyl (C=O) groups is 1. The molecule has 0 saturated carbocycles. The molecular weight excluding hydrogens is 496 g/mol. The molecule has 0 aliphatic rings. The smallest absolute Gasteiger partial charge is 0.264 e. The van der Waals surface area contributed by atoms with E-state index in [0.29, 0.717) is 5.69 Å². The summed E-state index contributed by atoms with van der Waals surface area (Å²) in [4.78, 5) is 13.0. The van der Waals surface area contributed by atoms with E-state index in [4.69, 9.17) is 0 Å². The van der Waals surface area contributed by atoms with Gasteiger partial charge in [-0.25, -0.2) is 13.8 Å². The number of amides is 1. The third-order valence-electron chi connectivity index (χ3n) is 6.55. The van der Waals surface area contributed by atoms with E-state index in [-0.39, 0.29) is 4.90 Å². The Balaban J connectivity index is 1.54. The molecule has 0 fully saturated rings. The van der Waals surface area contributed by atoms with Crippen molar-refractivity contribution in [2.45, 2.75) is 39.5 Å². The van der Waals surface area contributed by atoms with Crippen LogP contribution in [0.15, 0.2) is 88.9 Å². The SMILES string of the molecule is Cc1ccc(N(CC(=O)N/N=C\c2cc(C)n(-c3ccc(C)c(C)c3)c2C)S(=O)(=O)c2ccccc2)cc1. The van der Waals surface area contributed by atoms with Gasteiger partial charge < -0.3 is 4.57 Å². The predicted octanol–water partition coefficient (Wildman–Crippen LogP) is 5.37. The van der Waals surface area contributed by atoms with Gasteiger partial charge in [-0.05, 0) is 88.2 Å². The van der Waals surface area contributed by atoms with E-state index in [1.54, 1.807) is 36.5 Å². The third-order valence-corrected chi connectivity index (χ3v) is 8.34. The maximum atomic E-state index is 13.4. The average Bonchev–Trinajstić information content (AvgIpc) is 3.18. The van der Waals surface area contributed by atoms with Gasteiger partial charge in [0.1, 0.15) is 6.54 Å². The lowest BCUT2D eigenvalue weighted by atomic mass is 10.1. The molecule has 1 aromatic heterocycles. The fourth-order valence-corrected chi connectivity index (χ4v) is 5.71. The van der Waals surface area contributed by atoms with Crippen molar-refractivity contribution in [2.24, 2.45) is 5.10 Å². The lowest BCUT2D eigenvalue weighted by molar-refractivity contribution is -0.119. The van der Waals surface area contributed by atoms with Crippen molar-refractivity contribution >= 4 is 27.8 Å². The molecule has 0 saturated heterocycles. The van der Waals surface area contributed by atoms with Gasteiger partial charge in [-0.15, -0.1) is 0 Å². The molecule has 0 unspecified atom stereocenters. The minimum Gasteiger partial charge on any atom is -0.318 e. The van der Waals surface area contributed by atoms with Crippen LogP contribution >= 0.6 is 0 Å². The number of hydrazone groups is 1. The van der Waals surface area contributed by atoms with Crippen LogP contribution < -0.4 is 9.73 Å². The Morgan fingerprint density at radius 2 is 1.58 bits per heavy atom. The number of aromatic nitrogens is 1. The second kappa shape index (κ2) is 11.1. The van der Waals surface area contributed by atoms with Gasteiger partial charge in [-0.3, -0.25) is 9.10 Å². The highest BCUT2D eigenvalue weighted by Crippen LogP contribution is 2.24. The minimum atomic E-state index is -3.97. The molecule has 0 bridgehead atoms. The fourth-order valence-electron chi connectivity index (χ4n) is 4.27.